The number of benzene rings is 1. The van der Waals surface area contributed by atoms with Crippen LogP contribution < -0.4 is 9.62 Å². The molecule has 2 N–H and O–H groups in total. The van der Waals surface area contributed by atoms with E-state index in [4.69, 9.17) is 0 Å². The maximum absolute atomic E-state index is 13.1. The van der Waals surface area contributed by atoms with Crippen molar-refractivity contribution < 1.29 is 18.3 Å². The maximum Gasteiger partial charge on any atom is 0.304 e. The van der Waals surface area contributed by atoms with Crippen LogP contribution >= 0.6 is 0 Å². The molecular formula is C21H29N3O4S. The van der Waals surface area contributed by atoms with Crippen LogP contribution in [0.25, 0.3) is 0 Å². The number of aliphatic hydroxyl groups is 1. The molecule has 1 amide bonds. The van der Waals surface area contributed by atoms with Crippen LogP contribution in [0.1, 0.15) is 38.5 Å². The van der Waals surface area contributed by atoms with E-state index in [9.17, 15) is 18.3 Å². The predicted molar refractivity (Wildman–Crippen MR) is 109 cm³/mol. The van der Waals surface area contributed by atoms with Crippen LogP contribution in [0.5, 0.6) is 0 Å². The normalized spacial score (nSPS) is 38.2. The lowest BCUT2D eigenvalue weighted by Gasteiger charge is -2.58. The lowest BCUT2D eigenvalue weighted by atomic mass is 9.52. The first-order chi connectivity index (χ1) is 13.8. The Morgan fingerprint density at radius 3 is 2.45 bits per heavy atom. The van der Waals surface area contributed by atoms with Gasteiger partial charge in [-0.1, -0.05) is 18.2 Å². The third-order valence-electron chi connectivity index (χ3n) is 7.31. The summed E-state index contributed by atoms with van der Waals surface area (Å²) in [6.07, 6.45) is 5.23. The summed E-state index contributed by atoms with van der Waals surface area (Å²) >= 11 is 0. The van der Waals surface area contributed by atoms with Crippen molar-refractivity contribution >= 4 is 21.8 Å². The minimum absolute atomic E-state index is 0.0667. The summed E-state index contributed by atoms with van der Waals surface area (Å²) in [6, 6.07) is 9.11. The van der Waals surface area contributed by atoms with Crippen molar-refractivity contribution in [2.45, 2.75) is 50.2 Å². The number of hydrogen-bond donors (Lipinski definition) is 2. The molecular weight excluding hydrogens is 390 g/mol. The van der Waals surface area contributed by atoms with Crippen LogP contribution in [0.3, 0.4) is 0 Å². The van der Waals surface area contributed by atoms with E-state index in [1.54, 1.807) is 12.1 Å². The summed E-state index contributed by atoms with van der Waals surface area (Å²) in [5.74, 6) is 0.975. The van der Waals surface area contributed by atoms with Gasteiger partial charge in [-0.3, -0.25) is 9.10 Å². The molecule has 1 aromatic rings. The Kier molecular flexibility index (Phi) is 4.64. The van der Waals surface area contributed by atoms with E-state index in [1.807, 2.05) is 18.2 Å². The van der Waals surface area contributed by atoms with E-state index in [0.717, 1.165) is 32.1 Å². The van der Waals surface area contributed by atoms with Crippen LogP contribution in [0.15, 0.2) is 30.3 Å². The highest BCUT2D eigenvalue weighted by Gasteiger charge is 2.55. The average Bonchev–Trinajstić information content (AvgIpc) is 2.65. The fourth-order valence-electron chi connectivity index (χ4n) is 6.39. The topological polar surface area (TPSA) is 90.0 Å². The van der Waals surface area contributed by atoms with Gasteiger partial charge in [-0.2, -0.15) is 12.7 Å². The second-order valence-electron chi connectivity index (χ2n) is 9.39. The molecule has 8 heteroatoms. The largest absolute Gasteiger partial charge is 0.390 e. The van der Waals surface area contributed by atoms with Crippen LogP contribution in [-0.2, 0) is 15.0 Å². The van der Waals surface area contributed by atoms with E-state index in [2.05, 4.69) is 5.32 Å². The molecule has 5 aliphatic rings. The van der Waals surface area contributed by atoms with Crippen LogP contribution in [-0.4, -0.2) is 55.0 Å². The molecule has 1 heterocycles. The molecule has 1 aliphatic heterocycles. The molecule has 4 aliphatic carbocycles. The highest BCUT2D eigenvalue weighted by molar-refractivity contribution is 7.90. The molecule has 0 aromatic heterocycles. The highest BCUT2D eigenvalue weighted by Crippen LogP contribution is 2.55. The first-order valence-electron chi connectivity index (χ1n) is 10.7. The van der Waals surface area contributed by atoms with Gasteiger partial charge in [-0.25, -0.2) is 0 Å². The molecule has 6 rings (SSSR count). The molecule has 4 saturated carbocycles. The Balaban J connectivity index is 1.26. The highest BCUT2D eigenvalue weighted by atomic mass is 32.2. The summed E-state index contributed by atoms with van der Waals surface area (Å²) in [7, 11) is -3.72. The predicted octanol–water partition coefficient (Wildman–Crippen LogP) is 1.50. The molecule has 0 spiro atoms. The van der Waals surface area contributed by atoms with Crippen molar-refractivity contribution in [2.24, 2.45) is 17.8 Å². The number of rotatable bonds is 4. The summed E-state index contributed by atoms with van der Waals surface area (Å²) in [5, 5.41) is 13.9. The van der Waals surface area contributed by atoms with E-state index in [-0.39, 0.29) is 18.5 Å². The zero-order valence-corrected chi connectivity index (χ0v) is 17.4. The smallest absolute Gasteiger partial charge is 0.304 e. The number of carbonyl (C=O) groups is 1. The SMILES string of the molecule is O=C(CN1CCCN(c2ccccc2)S1(=O)=O)NC1C2CC3CC1CC(O)(C3)C2. The van der Waals surface area contributed by atoms with Gasteiger partial charge in [0.2, 0.25) is 5.91 Å². The van der Waals surface area contributed by atoms with Gasteiger partial charge in [-0.15, -0.1) is 0 Å². The fourth-order valence-corrected chi connectivity index (χ4v) is 8.05. The Bertz CT molecular complexity index is 874. The van der Waals surface area contributed by atoms with Gasteiger partial charge in [-0.05, 0) is 68.4 Å². The van der Waals surface area contributed by atoms with Crippen molar-refractivity contribution in [1.29, 1.82) is 0 Å². The number of anilines is 1. The van der Waals surface area contributed by atoms with Crippen LogP contribution in [0.2, 0.25) is 0 Å². The van der Waals surface area contributed by atoms with Crippen molar-refractivity contribution in [3.05, 3.63) is 30.3 Å². The minimum Gasteiger partial charge on any atom is -0.390 e. The van der Waals surface area contributed by atoms with E-state index < -0.39 is 15.8 Å². The van der Waals surface area contributed by atoms with E-state index >= 15 is 0 Å². The number of nitrogens with one attached hydrogen (secondary N) is 1. The second kappa shape index (κ2) is 6.96. The Hall–Kier alpha value is -1.64. The third-order valence-corrected chi connectivity index (χ3v) is 9.22. The molecule has 2 atom stereocenters. The number of carbonyl (C=O) groups excluding carboxylic acids is 1. The quantitative estimate of drug-likeness (QED) is 0.774. The molecule has 5 fully saturated rings. The van der Waals surface area contributed by atoms with E-state index in [0.29, 0.717) is 43.0 Å². The monoisotopic (exact) mass is 419 g/mol. The Morgan fingerprint density at radius 2 is 1.79 bits per heavy atom. The number of amides is 1. The molecule has 158 valence electrons. The third kappa shape index (κ3) is 3.45. The van der Waals surface area contributed by atoms with Crippen molar-refractivity contribution in [3.63, 3.8) is 0 Å². The lowest BCUT2D eigenvalue weighted by Crippen LogP contribution is -2.62. The minimum atomic E-state index is -3.72. The van der Waals surface area contributed by atoms with Crippen molar-refractivity contribution in [1.82, 2.24) is 9.62 Å². The van der Waals surface area contributed by atoms with Crippen molar-refractivity contribution in [3.8, 4) is 0 Å². The summed E-state index contributed by atoms with van der Waals surface area (Å²) in [6.45, 7) is 0.644. The molecule has 2 unspecified atom stereocenters. The first-order valence-corrected chi connectivity index (χ1v) is 12.1. The fraction of sp³-hybridized carbons (Fsp3) is 0.667. The average molecular weight is 420 g/mol. The molecule has 4 bridgehead atoms. The zero-order chi connectivity index (χ0) is 20.2. The van der Waals surface area contributed by atoms with Gasteiger partial charge in [0.15, 0.2) is 0 Å². The lowest BCUT2D eigenvalue weighted by molar-refractivity contribution is -0.146. The van der Waals surface area contributed by atoms with Gasteiger partial charge in [0.05, 0.1) is 17.8 Å². The standard InChI is InChI=1S/C21H29N3O4S/c25-19(22-20-16-9-15-10-17(20)13-21(26,11-15)12-16)14-23-7-4-8-24(29(23,27)28)18-5-2-1-3-6-18/h1-3,5-6,15-17,20,26H,4,7-14H2,(H,22,25). The molecule has 0 radical (unpaired) electrons. The molecule has 1 saturated heterocycles. The first kappa shape index (κ1) is 19.3. The Morgan fingerprint density at radius 1 is 1.10 bits per heavy atom. The Labute approximate surface area is 172 Å². The molecule has 7 nitrogen and oxygen atoms in total. The van der Waals surface area contributed by atoms with E-state index in [1.165, 1.54) is 8.61 Å². The molecule has 29 heavy (non-hydrogen) atoms. The second-order valence-corrected chi connectivity index (χ2v) is 11.2. The van der Waals surface area contributed by atoms with Gasteiger partial charge >= 0.3 is 10.2 Å². The number of hydrogen-bond acceptors (Lipinski definition) is 4. The number of para-hydroxylation sites is 1. The molecule has 1 aromatic carbocycles. The van der Waals surface area contributed by atoms with Crippen molar-refractivity contribution in [2.75, 3.05) is 23.9 Å². The van der Waals surface area contributed by atoms with Gasteiger partial charge in [0.25, 0.3) is 0 Å². The maximum atomic E-state index is 13.1. The van der Waals surface area contributed by atoms with Gasteiger partial charge in [0, 0.05) is 19.1 Å². The van der Waals surface area contributed by atoms with Crippen LogP contribution in [0, 0.1) is 17.8 Å². The van der Waals surface area contributed by atoms with Crippen LogP contribution in [0.4, 0.5) is 5.69 Å². The summed E-state index contributed by atoms with van der Waals surface area (Å²) < 4.78 is 28.8. The zero-order valence-electron chi connectivity index (χ0n) is 16.5. The van der Waals surface area contributed by atoms with Gasteiger partial charge < -0.3 is 10.4 Å². The summed E-state index contributed by atoms with van der Waals surface area (Å²) in [4.78, 5) is 12.8. The van der Waals surface area contributed by atoms with Gasteiger partial charge in [0.1, 0.15) is 0 Å². The number of nitrogens with zero attached hydrogens (tertiary/aromatic N) is 2. The summed E-state index contributed by atoms with van der Waals surface area (Å²) in [5.41, 5.74) is 0.0938.